The number of ether oxygens (including phenoxy) is 1. The number of carbonyl (C=O) groups is 1. The van der Waals surface area contributed by atoms with Crippen LogP contribution in [0.25, 0.3) is 16.6 Å². The second-order valence-electron chi connectivity index (χ2n) is 7.59. The fourth-order valence-electron chi connectivity index (χ4n) is 3.62. The van der Waals surface area contributed by atoms with Crippen molar-refractivity contribution in [2.24, 2.45) is 5.10 Å². The maximum absolute atomic E-state index is 12.7. The van der Waals surface area contributed by atoms with Crippen LogP contribution in [0.15, 0.2) is 69.3 Å². The number of aliphatic carboxylic acids is 1. The lowest BCUT2D eigenvalue weighted by molar-refractivity contribution is -0.144. The fourth-order valence-corrected chi connectivity index (χ4v) is 3.62. The second-order valence-corrected chi connectivity index (χ2v) is 7.59. The second kappa shape index (κ2) is 8.62. The van der Waals surface area contributed by atoms with E-state index in [-0.39, 0.29) is 0 Å². The van der Waals surface area contributed by atoms with E-state index >= 15 is 0 Å². The predicted molar refractivity (Wildman–Crippen MR) is 125 cm³/mol. The Hall–Kier alpha value is -4.40. The molecule has 0 amide bonds. The molecule has 2 heterocycles. The van der Waals surface area contributed by atoms with Crippen LogP contribution in [-0.2, 0) is 4.79 Å². The molecule has 0 spiro atoms. The van der Waals surface area contributed by atoms with E-state index in [0.29, 0.717) is 16.7 Å². The molecule has 0 aliphatic carbocycles. The van der Waals surface area contributed by atoms with E-state index in [1.165, 1.54) is 13.1 Å². The minimum atomic E-state index is -1.04. The number of benzene rings is 2. The summed E-state index contributed by atoms with van der Waals surface area (Å²) in [5.41, 5.74) is 2.71. The third-order valence-corrected chi connectivity index (χ3v) is 5.32. The van der Waals surface area contributed by atoms with Crippen LogP contribution in [0.2, 0.25) is 0 Å². The minimum absolute atomic E-state index is 0.374. The van der Waals surface area contributed by atoms with Gasteiger partial charge in [0, 0.05) is 22.6 Å². The Morgan fingerprint density at radius 2 is 1.82 bits per heavy atom. The van der Waals surface area contributed by atoms with Crippen LogP contribution < -0.4 is 16.0 Å². The number of hydrogen-bond acceptors (Lipinski definition) is 5. The molecule has 4 rings (SSSR count). The van der Waals surface area contributed by atoms with Crippen LogP contribution in [-0.4, -0.2) is 37.6 Å². The number of aromatic nitrogens is 3. The quantitative estimate of drug-likeness (QED) is 0.442. The first-order chi connectivity index (χ1) is 15.8. The maximum Gasteiger partial charge on any atom is 0.349 e. The normalized spacial score (nSPS) is 12.3. The van der Waals surface area contributed by atoms with E-state index in [9.17, 15) is 14.4 Å². The monoisotopic (exact) mass is 446 g/mol. The van der Waals surface area contributed by atoms with E-state index in [2.05, 4.69) is 10.1 Å². The Labute approximate surface area is 188 Å². The van der Waals surface area contributed by atoms with Crippen molar-refractivity contribution in [1.82, 2.24) is 14.2 Å². The van der Waals surface area contributed by atoms with Crippen LogP contribution >= 0.6 is 0 Å². The van der Waals surface area contributed by atoms with Crippen molar-refractivity contribution < 1.29 is 14.6 Å². The molecular weight excluding hydrogens is 424 g/mol. The zero-order valence-corrected chi connectivity index (χ0v) is 18.3. The molecule has 0 unspecified atom stereocenters. The number of para-hydroxylation sites is 1. The van der Waals surface area contributed by atoms with Gasteiger partial charge >= 0.3 is 11.7 Å². The van der Waals surface area contributed by atoms with Gasteiger partial charge in [-0.15, -0.1) is 4.68 Å². The van der Waals surface area contributed by atoms with Gasteiger partial charge in [-0.3, -0.25) is 4.79 Å². The largest absolute Gasteiger partial charge is 0.479 e. The van der Waals surface area contributed by atoms with E-state index in [0.717, 1.165) is 27.3 Å². The van der Waals surface area contributed by atoms with Crippen molar-refractivity contribution >= 4 is 23.1 Å². The highest BCUT2D eigenvalue weighted by Gasteiger charge is 2.14. The standard InChI is InChI=1S/C24H22N4O5/c1-14-12-17(13-25-28-22(29)20-6-4-5-7-21(20)26-24(28)32)15(2)27(14)18-8-10-19(11-9-18)33-16(3)23(30)31/h4-13,16H,1-3H3,(H,26,32)(H,30,31)/t16-/m0/s1. The molecule has 0 aliphatic rings. The van der Waals surface area contributed by atoms with Crippen LogP contribution in [0.4, 0.5) is 0 Å². The molecule has 2 aromatic heterocycles. The molecule has 1 atom stereocenters. The Balaban J connectivity index is 1.66. The number of aryl methyl sites for hydroxylation is 1. The zero-order chi connectivity index (χ0) is 23.7. The molecular formula is C24H22N4O5. The number of nitrogens with zero attached hydrogens (tertiary/aromatic N) is 3. The molecule has 9 heteroatoms. The Bertz CT molecular complexity index is 1490. The molecule has 0 radical (unpaired) electrons. The van der Waals surface area contributed by atoms with E-state index < -0.39 is 23.3 Å². The van der Waals surface area contributed by atoms with Crippen LogP contribution in [0.1, 0.15) is 23.9 Å². The Morgan fingerprint density at radius 1 is 1.12 bits per heavy atom. The lowest BCUT2D eigenvalue weighted by Crippen LogP contribution is -2.32. The molecule has 0 bridgehead atoms. The fraction of sp³-hybridized carbons (Fsp3) is 0.167. The van der Waals surface area contributed by atoms with Gasteiger partial charge in [-0.2, -0.15) is 5.10 Å². The lowest BCUT2D eigenvalue weighted by Gasteiger charge is -2.13. The molecule has 9 nitrogen and oxygen atoms in total. The van der Waals surface area contributed by atoms with Gasteiger partial charge in [-0.05, 0) is 63.2 Å². The van der Waals surface area contributed by atoms with E-state index in [4.69, 9.17) is 9.84 Å². The summed E-state index contributed by atoms with van der Waals surface area (Å²) < 4.78 is 8.17. The van der Waals surface area contributed by atoms with Gasteiger partial charge in [-0.1, -0.05) is 12.1 Å². The zero-order valence-electron chi connectivity index (χ0n) is 18.3. The Kier molecular flexibility index (Phi) is 5.70. The number of carboxylic acid groups (broad SMARTS) is 1. The lowest BCUT2D eigenvalue weighted by atomic mass is 10.2. The molecule has 0 saturated heterocycles. The highest BCUT2D eigenvalue weighted by Crippen LogP contribution is 2.22. The van der Waals surface area contributed by atoms with Crippen molar-refractivity contribution in [3.63, 3.8) is 0 Å². The average molecular weight is 446 g/mol. The molecule has 0 saturated carbocycles. The first kappa shape index (κ1) is 21.8. The summed E-state index contributed by atoms with van der Waals surface area (Å²) in [7, 11) is 0. The average Bonchev–Trinajstić information content (AvgIpc) is 3.07. The highest BCUT2D eigenvalue weighted by atomic mass is 16.5. The molecule has 4 aromatic rings. The van der Waals surface area contributed by atoms with Crippen molar-refractivity contribution in [1.29, 1.82) is 0 Å². The number of nitrogens with one attached hydrogen (secondary N) is 1. The van der Waals surface area contributed by atoms with Gasteiger partial charge < -0.3 is 19.4 Å². The molecule has 33 heavy (non-hydrogen) atoms. The van der Waals surface area contributed by atoms with Crippen molar-refractivity contribution in [2.75, 3.05) is 0 Å². The third-order valence-electron chi connectivity index (χ3n) is 5.32. The molecule has 0 fully saturated rings. The summed E-state index contributed by atoms with van der Waals surface area (Å²) in [5, 5.41) is 13.5. The number of carboxylic acids is 1. The summed E-state index contributed by atoms with van der Waals surface area (Å²) in [6, 6.07) is 15.7. The van der Waals surface area contributed by atoms with Gasteiger partial charge in [-0.25, -0.2) is 9.59 Å². The third kappa shape index (κ3) is 4.20. The van der Waals surface area contributed by atoms with Gasteiger partial charge in [0.1, 0.15) is 5.75 Å². The summed E-state index contributed by atoms with van der Waals surface area (Å²) >= 11 is 0. The molecule has 2 aromatic carbocycles. The van der Waals surface area contributed by atoms with Crippen LogP contribution in [0, 0.1) is 13.8 Å². The van der Waals surface area contributed by atoms with Crippen molar-refractivity contribution in [2.45, 2.75) is 26.9 Å². The predicted octanol–water partition coefficient (Wildman–Crippen LogP) is 2.83. The topological polar surface area (TPSA) is 119 Å². The first-order valence-electron chi connectivity index (χ1n) is 10.2. The number of rotatable bonds is 6. The van der Waals surface area contributed by atoms with Crippen molar-refractivity contribution in [3.8, 4) is 11.4 Å². The van der Waals surface area contributed by atoms with Gasteiger partial charge in [0.25, 0.3) is 5.56 Å². The summed E-state index contributed by atoms with van der Waals surface area (Å²) in [6.45, 7) is 5.29. The number of H-pyrrole nitrogens is 1. The Morgan fingerprint density at radius 3 is 2.52 bits per heavy atom. The van der Waals surface area contributed by atoms with Crippen LogP contribution in [0.3, 0.4) is 0 Å². The van der Waals surface area contributed by atoms with Crippen molar-refractivity contribution in [3.05, 3.63) is 92.4 Å². The molecule has 2 N–H and O–H groups in total. The number of hydrogen-bond donors (Lipinski definition) is 2. The minimum Gasteiger partial charge on any atom is -0.479 e. The van der Waals surface area contributed by atoms with Crippen LogP contribution in [0.5, 0.6) is 5.75 Å². The van der Waals surface area contributed by atoms with E-state index in [1.54, 1.807) is 36.4 Å². The smallest absolute Gasteiger partial charge is 0.349 e. The van der Waals surface area contributed by atoms with Gasteiger partial charge in [0.15, 0.2) is 6.10 Å². The number of aromatic amines is 1. The van der Waals surface area contributed by atoms with Gasteiger partial charge in [0.2, 0.25) is 0 Å². The summed E-state index contributed by atoms with van der Waals surface area (Å²) in [5.74, 6) is -0.586. The number of fused-ring (bicyclic) bond motifs is 1. The molecule has 0 aliphatic heterocycles. The highest BCUT2D eigenvalue weighted by molar-refractivity contribution is 5.82. The summed E-state index contributed by atoms with van der Waals surface area (Å²) in [6.07, 6.45) is 0.534. The molecule has 168 valence electrons. The maximum atomic E-state index is 12.7. The SMILES string of the molecule is Cc1cc(C=Nn2c(=O)[nH]c3ccccc3c2=O)c(C)n1-c1ccc(O[C@@H](C)C(=O)O)cc1. The van der Waals surface area contributed by atoms with Gasteiger partial charge in [0.05, 0.1) is 17.1 Å². The first-order valence-corrected chi connectivity index (χ1v) is 10.2. The summed E-state index contributed by atoms with van der Waals surface area (Å²) in [4.78, 5) is 38.6. The van der Waals surface area contributed by atoms with E-state index in [1.807, 2.05) is 36.6 Å².